The number of carbonyl (C=O) groups excluding carboxylic acids is 1. The average molecular weight is 442 g/mol. The highest BCUT2D eigenvalue weighted by molar-refractivity contribution is 6.31. The van der Waals surface area contributed by atoms with Crippen LogP contribution in [0.3, 0.4) is 0 Å². The second kappa shape index (κ2) is 9.86. The molecular formula is C24H32ClN5O. The van der Waals surface area contributed by atoms with E-state index in [1.54, 1.807) is 0 Å². The summed E-state index contributed by atoms with van der Waals surface area (Å²) in [6, 6.07) is 8.35. The van der Waals surface area contributed by atoms with Gasteiger partial charge in [0.05, 0.1) is 0 Å². The van der Waals surface area contributed by atoms with Crippen molar-refractivity contribution in [3.63, 3.8) is 0 Å². The van der Waals surface area contributed by atoms with E-state index in [2.05, 4.69) is 21.3 Å². The lowest BCUT2D eigenvalue weighted by molar-refractivity contribution is 0.186. The molecule has 4 rings (SSSR count). The second-order valence-corrected chi connectivity index (χ2v) is 9.09. The third kappa shape index (κ3) is 5.29. The molecule has 1 aliphatic heterocycles. The maximum absolute atomic E-state index is 12.7. The molecule has 0 radical (unpaired) electrons. The molecule has 2 amide bonds. The van der Waals surface area contributed by atoms with Crippen LogP contribution in [0.25, 0.3) is 0 Å². The van der Waals surface area contributed by atoms with Crippen molar-refractivity contribution in [2.45, 2.75) is 58.4 Å². The van der Waals surface area contributed by atoms with Crippen molar-refractivity contribution in [2.24, 2.45) is 0 Å². The van der Waals surface area contributed by atoms with Gasteiger partial charge in [-0.3, -0.25) is 0 Å². The van der Waals surface area contributed by atoms with Crippen LogP contribution in [0.1, 0.15) is 54.7 Å². The molecule has 0 atom stereocenters. The molecule has 7 heteroatoms. The number of anilines is 1. The number of aryl methyl sites for hydroxylation is 2. The van der Waals surface area contributed by atoms with Crippen LogP contribution >= 0.6 is 11.6 Å². The molecule has 1 aromatic carbocycles. The van der Waals surface area contributed by atoms with Gasteiger partial charge in [-0.05, 0) is 38.3 Å². The lowest BCUT2D eigenvalue weighted by Gasteiger charge is -2.37. The summed E-state index contributed by atoms with van der Waals surface area (Å²) in [5.74, 6) is 1.74. The fourth-order valence-corrected chi connectivity index (χ4v) is 4.86. The fraction of sp³-hybridized carbons (Fsp3) is 0.542. The van der Waals surface area contributed by atoms with Gasteiger partial charge in [-0.25, -0.2) is 14.8 Å². The van der Waals surface area contributed by atoms with Crippen LogP contribution in [0, 0.1) is 13.8 Å². The molecular weight excluding hydrogens is 410 g/mol. The van der Waals surface area contributed by atoms with Gasteiger partial charge in [-0.1, -0.05) is 49.1 Å². The molecule has 1 saturated heterocycles. The van der Waals surface area contributed by atoms with Crippen LogP contribution in [-0.2, 0) is 6.42 Å². The lowest BCUT2D eigenvalue weighted by atomic mass is 9.96. The van der Waals surface area contributed by atoms with Crippen molar-refractivity contribution in [2.75, 3.05) is 31.1 Å². The molecule has 2 fully saturated rings. The molecule has 2 heterocycles. The zero-order valence-corrected chi connectivity index (χ0v) is 19.3. The summed E-state index contributed by atoms with van der Waals surface area (Å²) in [4.78, 5) is 26.4. The number of hydrogen-bond donors (Lipinski definition) is 1. The normalized spacial score (nSPS) is 17.6. The highest BCUT2D eigenvalue weighted by atomic mass is 35.5. The van der Waals surface area contributed by atoms with E-state index < -0.39 is 0 Å². The average Bonchev–Trinajstić information content (AvgIpc) is 2.77. The SMILES string of the molecule is Cc1nc(C)c(Cc2ccccc2Cl)c(N2CCN(C(=O)NC3CCCCC3)CC2)n1. The van der Waals surface area contributed by atoms with Crippen molar-refractivity contribution in [3.05, 3.63) is 51.9 Å². The van der Waals surface area contributed by atoms with E-state index in [-0.39, 0.29) is 6.03 Å². The van der Waals surface area contributed by atoms with Crippen LogP contribution in [0.15, 0.2) is 24.3 Å². The summed E-state index contributed by atoms with van der Waals surface area (Å²) >= 11 is 6.42. The summed E-state index contributed by atoms with van der Waals surface area (Å²) in [7, 11) is 0. The minimum absolute atomic E-state index is 0.0814. The highest BCUT2D eigenvalue weighted by Crippen LogP contribution is 2.27. The Balaban J connectivity index is 1.45. The van der Waals surface area contributed by atoms with E-state index in [4.69, 9.17) is 16.6 Å². The molecule has 2 aliphatic rings. The number of urea groups is 1. The number of rotatable bonds is 4. The number of aromatic nitrogens is 2. The minimum atomic E-state index is 0.0814. The van der Waals surface area contributed by atoms with E-state index in [1.807, 2.05) is 36.9 Å². The van der Waals surface area contributed by atoms with E-state index in [0.29, 0.717) is 25.6 Å². The topological polar surface area (TPSA) is 61.4 Å². The summed E-state index contributed by atoms with van der Waals surface area (Å²) in [5.41, 5.74) is 3.17. The Labute approximate surface area is 190 Å². The van der Waals surface area contributed by atoms with Gasteiger partial charge in [0.15, 0.2) is 0 Å². The van der Waals surface area contributed by atoms with Gasteiger partial charge in [-0.15, -0.1) is 0 Å². The third-order valence-electron chi connectivity index (χ3n) is 6.43. The number of nitrogens with zero attached hydrogens (tertiary/aromatic N) is 4. The number of hydrogen-bond acceptors (Lipinski definition) is 4. The Morgan fingerprint density at radius 3 is 2.48 bits per heavy atom. The van der Waals surface area contributed by atoms with Crippen LogP contribution in [-0.4, -0.2) is 53.1 Å². The predicted octanol–water partition coefficient (Wildman–Crippen LogP) is 4.50. The molecule has 6 nitrogen and oxygen atoms in total. The number of benzene rings is 1. The molecule has 1 saturated carbocycles. The lowest BCUT2D eigenvalue weighted by Crippen LogP contribution is -2.54. The number of nitrogens with one attached hydrogen (secondary N) is 1. The number of piperazine rings is 1. The zero-order chi connectivity index (χ0) is 21.8. The third-order valence-corrected chi connectivity index (χ3v) is 6.80. The first-order valence-corrected chi connectivity index (χ1v) is 11.8. The summed E-state index contributed by atoms with van der Waals surface area (Å²) < 4.78 is 0. The molecule has 1 N–H and O–H groups in total. The first-order valence-electron chi connectivity index (χ1n) is 11.4. The maximum Gasteiger partial charge on any atom is 0.317 e. The van der Waals surface area contributed by atoms with Gasteiger partial charge in [0.1, 0.15) is 11.6 Å². The number of carbonyl (C=O) groups is 1. The van der Waals surface area contributed by atoms with Crippen LogP contribution in [0.4, 0.5) is 10.6 Å². The standard InChI is InChI=1S/C24H32ClN5O/c1-17-21(16-19-8-6-7-11-22(19)25)23(27-18(2)26-17)29-12-14-30(15-13-29)24(31)28-20-9-4-3-5-10-20/h6-8,11,20H,3-5,9-10,12-16H2,1-2H3,(H,28,31). The van der Waals surface area contributed by atoms with Crippen LogP contribution < -0.4 is 10.2 Å². The second-order valence-electron chi connectivity index (χ2n) is 8.69. The molecule has 0 spiro atoms. The molecule has 1 aromatic heterocycles. The van der Waals surface area contributed by atoms with Gasteiger partial charge in [0.2, 0.25) is 0 Å². The molecule has 0 unspecified atom stereocenters. The molecule has 0 bridgehead atoms. The first kappa shape index (κ1) is 21.9. The van der Waals surface area contributed by atoms with Gasteiger partial charge >= 0.3 is 6.03 Å². The van der Waals surface area contributed by atoms with Crippen molar-refractivity contribution in [3.8, 4) is 0 Å². The van der Waals surface area contributed by atoms with Crippen molar-refractivity contribution >= 4 is 23.4 Å². The largest absolute Gasteiger partial charge is 0.353 e. The fourth-order valence-electron chi connectivity index (χ4n) is 4.65. The minimum Gasteiger partial charge on any atom is -0.353 e. The van der Waals surface area contributed by atoms with Crippen LogP contribution in [0.2, 0.25) is 5.02 Å². The van der Waals surface area contributed by atoms with E-state index in [0.717, 1.165) is 59.4 Å². The highest BCUT2D eigenvalue weighted by Gasteiger charge is 2.26. The quantitative estimate of drug-likeness (QED) is 0.758. The zero-order valence-electron chi connectivity index (χ0n) is 18.5. The van der Waals surface area contributed by atoms with Gasteiger partial charge in [0.25, 0.3) is 0 Å². The Kier molecular flexibility index (Phi) is 6.96. The Bertz CT molecular complexity index is 920. The van der Waals surface area contributed by atoms with Gasteiger partial charge in [0, 0.05) is 54.9 Å². The summed E-state index contributed by atoms with van der Waals surface area (Å²) in [5, 5.41) is 4.00. The Morgan fingerprint density at radius 2 is 1.77 bits per heavy atom. The van der Waals surface area contributed by atoms with Crippen molar-refractivity contribution < 1.29 is 4.79 Å². The first-order chi connectivity index (χ1) is 15.0. The maximum atomic E-state index is 12.7. The molecule has 166 valence electrons. The molecule has 31 heavy (non-hydrogen) atoms. The Morgan fingerprint density at radius 1 is 1.06 bits per heavy atom. The van der Waals surface area contributed by atoms with Gasteiger partial charge < -0.3 is 15.1 Å². The van der Waals surface area contributed by atoms with E-state index in [1.165, 1.54) is 19.3 Å². The van der Waals surface area contributed by atoms with Gasteiger partial charge in [-0.2, -0.15) is 0 Å². The van der Waals surface area contributed by atoms with Crippen molar-refractivity contribution in [1.82, 2.24) is 20.2 Å². The monoisotopic (exact) mass is 441 g/mol. The van der Waals surface area contributed by atoms with E-state index >= 15 is 0 Å². The molecule has 2 aromatic rings. The summed E-state index contributed by atoms with van der Waals surface area (Å²) in [6.45, 7) is 6.91. The number of amides is 2. The smallest absolute Gasteiger partial charge is 0.317 e. The number of halogens is 1. The van der Waals surface area contributed by atoms with E-state index in [9.17, 15) is 4.79 Å². The Hall–Kier alpha value is -2.34. The van der Waals surface area contributed by atoms with Crippen LogP contribution in [0.5, 0.6) is 0 Å². The summed E-state index contributed by atoms with van der Waals surface area (Å²) in [6.07, 6.45) is 6.65. The van der Waals surface area contributed by atoms with Crippen molar-refractivity contribution in [1.29, 1.82) is 0 Å². The molecule has 1 aliphatic carbocycles. The predicted molar refractivity (Wildman–Crippen MR) is 125 cm³/mol.